The third-order valence-corrected chi connectivity index (χ3v) is 1.01. The number of hydrogen-bond acceptors (Lipinski definition) is 3. The minimum atomic E-state index is -0.541. The average molecular weight is 174 g/mol. The van der Waals surface area contributed by atoms with Gasteiger partial charge in [0.05, 0.1) is 19.5 Å². The first kappa shape index (κ1) is 10.8. The molecular weight excluding hydrogens is 160 g/mol. The highest BCUT2D eigenvalue weighted by atomic mass is 16.5. The smallest absolute Gasteiger partial charge is 0.312 e. The molecule has 0 aliphatic heterocycles. The molecule has 0 spiro atoms. The monoisotopic (exact) mass is 174 g/mol. The molecule has 0 fully saturated rings. The van der Waals surface area contributed by atoms with E-state index in [-0.39, 0.29) is 0 Å². The Morgan fingerprint density at radius 3 is 2.83 bits per heavy atom. The van der Waals surface area contributed by atoms with Gasteiger partial charge in [-0.15, -0.1) is 0 Å². The van der Waals surface area contributed by atoms with Crippen molar-refractivity contribution in [1.82, 2.24) is 5.32 Å². The third-order valence-electron chi connectivity index (χ3n) is 1.01. The van der Waals surface area contributed by atoms with E-state index in [9.17, 15) is 4.79 Å². The summed E-state index contributed by atoms with van der Waals surface area (Å²) in [6.07, 6.45) is 1.35. The van der Waals surface area contributed by atoms with E-state index in [0.717, 1.165) is 0 Å². The third kappa shape index (κ3) is 8.77. The van der Waals surface area contributed by atoms with Gasteiger partial charge in [-0.1, -0.05) is 6.58 Å². The van der Waals surface area contributed by atoms with Crippen molar-refractivity contribution < 1.29 is 14.3 Å². The van der Waals surface area contributed by atoms with Crippen molar-refractivity contribution in [3.05, 3.63) is 12.8 Å². The Morgan fingerprint density at radius 2 is 2.25 bits per heavy atom. The highest BCUT2D eigenvalue weighted by Gasteiger charge is 1.90. The Labute approximate surface area is 71.5 Å². The SMILES string of the molecule is C=COCCOCCNC(N)=O. The molecule has 0 radical (unpaired) electrons. The van der Waals surface area contributed by atoms with Crippen molar-refractivity contribution in [3.8, 4) is 0 Å². The molecule has 0 rings (SSSR count). The quantitative estimate of drug-likeness (QED) is 0.415. The van der Waals surface area contributed by atoms with Gasteiger partial charge < -0.3 is 20.5 Å². The number of amides is 2. The molecular formula is C7H14N2O3. The van der Waals surface area contributed by atoms with Gasteiger partial charge in [0, 0.05) is 6.54 Å². The van der Waals surface area contributed by atoms with E-state index in [1.807, 2.05) is 0 Å². The standard InChI is InChI=1S/C7H14N2O3/c1-2-11-5-6-12-4-3-9-7(8)10/h2H,1,3-6H2,(H3,8,9,10). The first-order valence-corrected chi connectivity index (χ1v) is 3.61. The summed E-state index contributed by atoms with van der Waals surface area (Å²) >= 11 is 0. The molecule has 5 nitrogen and oxygen atoms in total. The summed E-state index contributed by atoms with van der Waals surface area (Å²) in [5.41, 5.74) is 4.81. The topological polar surface area (TPSA) is 73.6 Å². The van der Waals surface area contributed by atoms with E-state index in [1.54, 1.807) is 0 Å². The minimum Gasteiger partial charge on any atom is -0.499 e. The van der Waals surface area contributed by atoms with Gasteiger partial charge in [0.2, 0.25) is 0 Å². The van der Waals surface area contributed by atoms with Crippen molar-refractivity contribution in [2.24, 2.45) is 5.73 Å². The van der Waals surface area contributed by atoms with Gasteiger partial charge in [-0.2, -0.15) is 0 Å². The fraction of sp³-hybridized carbons (Fsp3) is 0.571. The van der Waals surface area contributed by atoms with Crippen molar-refractivity contribution in [3.63, 3.8) is 0 Å². The van der Waals surface area contributed by atoms with Crippen molar-refractivity contribution in [2.45, 2.75) is 0 Å². The van der Waals surface area contributed by atoms with Crippen molar-refractivity contribution >= 4 is 6.03 Å². The first-order chi connectivity index (χ1) is 5.77. The predicted molar refractivity (Wildman–Crippen MR) is 44.6 cm³/mol. The van der Waals surface area contributed by atoms with E-state index in [0.29, 0.717) is 26.4 Å². The molecule has 0 bridgehead atoms. The molecule has 0 saturated carbocycles. The molecule has 12 heavy (non-hydrogen) atoms. The van der Waals surface area contributed by atoms with Crippen LogP contribution < -0.4 is 11.1 Å². The summed E-state index contributed by atoms with van der Waals surface area (Å²) < 4.78 is 9.83. The fourth-order valence-electron chi connectivity index (χ4n) is 0.539. The molecule has 0 aromatic rings. The molecule has 0 atom stereocenters. The average Bonchev–Trinajstić information content (AvgIpc) is 2.02. The zero-order valence-corrected chi connectivity index (χ0v) is 6.91. The molecule has 70 valence electrons. The minimum absolute atomic E-state index is 0.420. The number of nitrogens with one attached hydrogen (secondary N) is 1. The van der Waals surface area contributed by atoms with E-state index < -0.39 is 6.03 Å². The van der Waals surface area contributed by atoms with Crippen LogP contribution in [0, 0.1) is 0 Å². The number of nitrogens with two attached hydrogens (primary N) is 1. The number of rotatable bonds is 7. The largest absolute Gasteiger partial charge is 0.499 e. The molecule has 0 saturated heterocycles. The maximum atomic E-state index is 10.2. The fourth-order valence-corrected chi connectivity index (χ4v) is 0.539. The summed E-state index contributed by atoms with van der Waals surface area (Å²) in [4.78, 5) is 10.2. The Morgan fingerprint density at radius 1 is 1.50 bits per heavy atom. The highest BCUT2D eigenvalue weighted by molar-refractivity contribution is 5.71. The zero-order valence-electron chi connectivity index (χ0n) is 6.91. The van der Waals surface area contributed by atoms with Crippen LogP contribution in [-0.4, -0.2) is 32.4 Å². The number of carbonyl (C=O) groups is 1. The summed E-state index contributed by atoms with van der Waals surface area (Å²) in [7, 11) is 0. The maximum absolute atomic E-state index is 10.2. The molecule has 0 aromatic heterocycles. The van der Waals surface area contributed by atoms with Crippen LogP contribution in [0.3, 0.4) is 0 Å². The van der Waals surface area contributed by atoms with Crippen LogP contribution in [0.25, 0.3) is 0 Å². The molecule has 0 heterocycles. The Kier molecular flexibility index (Phi) is 7.07. The van der Waals surface area contributed by atoms with E-state index >= 15 is 0 Å². The van der Waals surface area contributed by atoms with E-state index in [2.05, 4.69) is 11.9 Å². The molecule has 3 N–H and O–H groups in total. The van der Waals surface area contributed by atoms with Gasteiger partial charge in [0.15, 0.2) is 0 Å². The van der Waals surface area contributed by atoms with Gasteiger partial charge in [0.1, 0.15) is 6.61 Å². The lowest BCUT2D eigenvalue weighted by molar-refractivity contribution is 0.0875. The highest BCUT2D eigenvalue weighted by Crippen LogP contribution is 1.77. The summed E-state index contributed by atoms with van der Waals surface area (Å²) in [6, 6.07) is -0.541. The lowest BCUT2D eigenvalue weighted by Crippen LogP contribution is -2.32. The Bertz CT molecular complexity index is 139. The molecule has 2 amide bonds. The first-order valence-electron chi connectivity index (χ1n) is 3.61. The Balaban J connectivity index is 2.90. The second-order valence-electron chi connectivity index (χ2n) is 1.94. The molecule has 0 unspecified atom stereocenters. The van der Waals surface area contributed by atoms with Crippen LogP contribution >= 0.6 is 0 Å². The molecule has 5 heteroatoms. The normalized spacial score (nSPS) is 9.00. The lowest BCUT2D eigenvalue weighted by Gasteiger charge is -2.03. The summed E-state index contributed by atoms with van der Waals surface area (Å²) in [5.74, 6) is 0. The number of primary amides is 1. The molecule has 0 aliphatic rings. The Hall–Kier alpha value is -1.23. The van der Waals surface area contributed by atoms with E-state index in [1.165, 1.54) is 6.26 Å². The van der Waals surface area contributed by atoms with Crippen LogP contribution in [0.5, 0.6) is 0 Å². The van der Waals surface area contributed by atoms with Crippen LogP contribution in [-0.2, 0) is 9.47 Å². The van der Waals surface area contributed by atoms with E-state index in [4.69, 9.17) is 15.2 Å². The van der Waals surface area contributed by atoms with Crippen LogP contribution in [0.1, 0.15) is 0 Å². The maximum Gasteiger partial charge on any atom is 0.312 e. The number of hydrogen-bond donors (Lipinski definition) is 2. The predicted octanol–water partition coefficient (Wildman–Crippen LogP) is -0.169. The van der Waals surface area contributed by atoms with Crippen LogP contribution in [0.15, 0.2) is 12.8 Å². The van der Waals surface area contributed by atoms with Gasteiger partial charge >= 0.3 is 6.03 Å². The summed E-state index contributed by atoms with van der Waals surface area (Å²) in [6.45, 7) is 5.17. The van der Waals surface area contributed by atoms with Crippen LogP contribution in [0.2, 0.25) is 0 Å². The van der Waals surface area contributed by atoms with Gasteiger partial charge in [-0.3, -0.25) is 0 Å². The van der Waals surface area contributed by atoms with Crippen molar-refractivity contribution in [1.29, 1.82) is 0 Å². The number of urea groups is 1. The number of ether oxygens (including phenoxy) is 2. The van der Waals surface area contributed by atoms with Gasteiger partial charge in [0.25, 0.3) is 0 Å². The van der Waals surface area contributed by atoms with Crippen molar-refractivity contribution in [2.75, 3.05) is 26.4 Å². The molecule has 0 aromatic carbocycles. The lowest BCUT2D eigenvalue weighted by atomic mass is 10.6. The molecule has 0 aliphatic carbocycles. The second-order valence-corrected chi connectivity index (χ2v) is 1.94. The second kappa shape index (κ2) is 7.87. The number of carbonyl (C=O) groups excluding carboxylic acids is 1. The van der Waals surface area contributed by atoms with Crippen LogP contribution in [0.4, 0.5) is 4.79 Å². The van der Waals surface area contributed by atoms with Gasteiger partial charge in [-0.25, -0.2) is 4.79 Å². The van der Waals surface area contributed by atoms with Gasteiger partial charge in [-0.05, 0) is 0 Å². The zero-order chi connectivity index (χ0) is 9.23. The summed E-state index contributed by atoms with van der Waals surface area (Å²) in [5, 5.41) is 2.39.